The lowest BCUT2D eigenvalue weighted by molar-refractivity contribution is -0.154. The Labute approximate surface area is 388 Å². The minimum atomic E-state index is -4.62. The fraction of sp³-hybridized carbons (Fsp3) is 0.923. The second-order valence-electron chi connectivity index (χ2n) is 18.4. The number of aliphatic carboxylic acids is 1. The summed E-state index contributed by atoms with van der Waals surface area (Å²) in [5, 5.41) is 8.93. The number of hydrogen-bond acceptors (Lipinski definition) is 8. The maximum absolute atomic E-state index is 12.7. The van der Waals surface area contributed by atoms with Gasteiger partial charge in [-0.2, -0.15) is 0 Å². The molecule has 0 aromatic rings. The van der Waals surface area contributed by atoms with Gasteiger partial charge in [0.15, 0.2) is 0 Å². The molecular formula is C52H102NO9P. The molecule has 0 aromatic carbocycles. The first kappa shape index (κ1) is 61.7. The van der Waals surface area contributed by atoms with Gasteiger partial charge in [0.25, 0.3) is 0 Å². The summed E-state index contributed by atoms with van der Waals surface area (Å²) < 4.78 is 33.5. The van der Waals surface area contributed by atoms with Gasteiger partial charge in [-0.25, -0.2) is 4.57 Å². The molecule has 0 aliphatic rings. The molecule has 0 radical (unpaired) electrons. The first-order chi connectivity index (χ1) is 30.7. The Morgan fingerprint density at radius 3 is 1.21 bits per heavy atom. The van der Waals surface area contributed by atoms with Gasteiger partial charge in [0.1, 0.15) is 12.1 Å². The predicted octanol–water partition coefficient (Wildman–Crippen LogP) is 15.7. The number of esters is 1. The largest absolute Gasteiger partial charge is 0.480 e. The third-order valence-electron chi connectivity index (χ3n) is 12.0. The Hall–Kier alpha value is -1.29. The van der Waals surface area contributed by atoms with Gasteiger partial charge in [0, 0.05) is 13.0 Å². The molecule has 0 aliphatic heterocycles. The van der Waals surface area contributed by atoms with Crippen LogP contribution in [0.15, 0.2) is 12.2 Å². The molecular weight excluding hydrogens is 814 g/mol. The Balaban J connectivity index is 4.06. The quantitative estimate of drug-likeness (QED) is 0.0232. The SMILES string of the molecule is CCCCCCCCC/C=C\CCCCCCCCCC(=O)OC(COCCCCCCCCCCCCCCCCCCCCCCCCC)COP(=O)(O)OCC(N)C(=O)O. The van der Waals surface area contributed by atoms with Gasteiger partial charge in [-0.05, 0) is 38.5 Å². The Kier molecular flexibility index (Phi) is 47.6. The number of unbranched alkanes of at least 4 members (excludes halogenated alkanes) is 36. The smallest absolute Gasteiger partial charge is 0.472 e. The van der Waals surface area contributed by atoms with Crippen molar-refractivity contribution in [3.05, 3.63) is 12.2 Å². The lowest BCUT2D eigenvalue weighted by Crippen LogP contribution is -2.34. The summed E-state index contributed by atoms with van der Waals surface area (Å²) in [7, 11) is -4.62. The lowest BCUT2D eigenvalue weighted by Gasteiger charge is -2.20. The molecule has 10 nitrogen and oxygen atoms in total. The summed E-state index contributed by atoms with van der Waals surface area (Å²) in [5.41, 5.74) is 5.38. The maximum Gasteiger partial charge on any atom is 0.472 e. The van der Waals surface area contributed by atoms with Crippen LogP contribution in [0.3, 0.4) is 0 Å². The third kappa shape index (κ3) is 48.5. The highest BCUT2D eigenvalue weighted by atomic mass is 31.2. The number of allylic oxidation sites excluding steroid dienone is 2. The number of phosphoric acid groups is 1. The van der Waals surface area contributed by atoms with Crippen molar-refractivity contribution in [2.24, 2.45) is 5.73 Å². The second-order valence-corrected chi connectivity index (χ2v) is 19.8. The van der Waals surface area contributed by atoms with Crippen LogP contribution in [0.4, 0.5) is 0 Å². The fourth-order valence-corrected chi connectivity index (χ4v) is 8.67. The monoisotopic (exact) mass is 916 g/mol. The number of hydrogen-bond donors (Lipinski definition) is 3. The molecule has 0 aliphatic carbocycles. The van der Waals surface area contributed by atoms with Gasteiger partial charge in [0.05, 0.1) is 19.8 Å². The molecule has 0 saturated heterocycles. The maximum atomic E-state index is 12.7. The number of rotatable bonds is 52. The first-order valence-electron chi connectivity index (χ1n) is 26.7. The highest BCUT2D eigenvalue weighted by molar-refractivity contribution is 7.47. The third-order valence-corrected chi connectivity index (χ3v) is 13.0. The number of phosphoric ester groups is 1. The van der Waals surface area contributed by atoms with Crippen LogP contribution in [0.2, 0.25) is 0 Å². The zero-order valence-electron chi connectivity index (χ0n) is 41.2. The summed E-state index contributed by atoms with van der Waals surface area (Å²) in [6.45, 7) is 3.94. The fourth-order valence-electron chi connectivity index (χ4n) is 7.90. The zero-order valence-corrected chi connectivity index (χ0v) is 42.1. The van der Waals surface area contributed by atoms with Crippen LogP contribution in [0.5, 0.6) is 0 Å². The van der Waals surface area contributed by atoms with Crippen LogP contribution >= 0.6 is 7.82 Å². The van der Waals surface area contributed by atoms with Crippen molar-refractivity contribution >= 4 is 19.8 Å². The van der Waals surface area contributed by atoms with E-state index in [4.69, 9.17) is 29.4 Å². The summed E-state index contributed by atoms with van der Waals surface area (Å²) in [5.74, 6) is -1.77. The number of ether oxygens (including phenoxy) is 2. The molecule has 0 aromatic heterocycles. The average molecular weight is 916 g/mol. The van der Waals surface area contributed by atoms with Crippen molar-refractivity contribution in [1.82, 2.24) is 0 Å². The van der Waals surface area contributed by atoms with E-state index in [1.54, 1.807) is 0 Å². The van der Waals surface area contributed by atoms with Crippen LogP contribution in [0, 0.1) is 0 Å². The van der Waals surface area contributed by atoms with E-state index < -0.39 is 45.1 Å². The molecule has 0 spiro atoms. The van der Waals surface area contributed by atoms with E-state index in [1.165, 1.54) is 199 Å². The molecule has 3 unspecified atom stereocenters. The van der Waals surface area contributed by atoms with Crippen LogP contribution in [0.1, 0.15) is 271 Å². The van der Waals surface area contributed by atoms with Crippen molar-refractivity contribution in [3.8, 4) is 0 Å². The molecule has 0 amide bonds. The van der Waals surface area contributed by atoms with Gasteiger partial charge in [-0.15, -0.1) is 0 Å². The molecule has 4 N–H and O–H groups in total. The van der Waals surface area contributed by atoms with Crippen molar-refractivity contribution in [2.45, 2.75) is 283 Å². The number of carboxylic acid groups (broad SMARTS) is 1. The van der Waals surface area contributed by atoms with E-state index >= 15 is 0 Å². The molecule has 0 saturated carbocycles. The van der Waals surface area contributed by atoms with E-state index in [0.717, 1.165) is 44.9 Å². The Bertz CT molecular complexity index is 1060. The van der Waals surface area contributed by atoms with Gasteiger partial charge < -0.3 is 25.2 Å². The minimum Gasteiger partial charge on any atom is -0.480 e. The summed E-state index contributed by atoms with van der Waals surface area (Å²) in [4.78, 5) is 33.7. The average Bonchev–Trinajstić information content (AvgIpc) is 3.26. The van der Waals surface area contributed by atoms with Crippen LogP contribution < -0.4 is 5.73 Å². The highest BCUT2D eigenvalue weighted by Crippen LogP contribution is 2.43. The predicted molar refractivity (Wildman–Crippen MR) is 263 cm³/mol. The van der Waals surface area contributed by atoms with E-state index in [9.17, 15) is 19.0 Å². The zero-order chi connectivity index (χ0) is 46.2. The molecule has 0 heterocycles. The van der Waals surface area contributed by atoms with Crippen molar-refractivity contribution in [2.75, 3.05) is 26.4 Å². The van der Waals surface area contributed by atoms with E-state index in [-0.39, 0.29) is 13.0 Å². The first-order valence-corrected chi connectivity index (χ1v) is 28.2. The summed E-state index contributed by atoms with van der Waals surface area (Å²) in [6, 6.07) is -1.47. The number of carbonyl (C=O) groups is 2. The highest BCUT2D eigenvalue weighted by Gasteiger charge is 2.27. The van der Waals surface area contributed by atoms with Gasteiger partial charge in [0.2, 0.25) is 0 Å². The van der Waals surface area contributed by atoms with Crippen LogP contribution in [0.25, 0.3) is 0 Å². The number of carboxylic acids is 1. The number of nitrogens with two attached hydrogens (primary N) is 1. The molecule has 374 valence electrons. The topological polar surface area (TPSA) is 155 Å². The van der Waals surface area contributed by atoms with Crippen LogP contribution in [-0.4, -0.2) is 60.5 Å². The summed E-state index contributed by atoms with van der Waals surface area (Å²) >= 11 is 0. The Morgan fingerprint density at radius 1 is 0.492 bits per heavy atom. The molecule has 0 fully saturated rings. The lowest BCUT2D eigenvalue weighted by atomic mass is 10.0. The van der Waals surface area contributed by atoms with E-state index in [2.05, 4.69) is 26.0 Å². The van der Waals surface area contributed by atoms with Gasteiger partial charge >= 0.3 is 19.8 Å². The van der Waals surface area contributed by atoms with E-state index in [1.807, 2.05) is 0 Å². The molecule has 0 bridgehead atoms. The van der Waals surface area contributed by atoms with Crippen LogP contribution in [-0.2, 0) is 32.7 Å². The van der Waals surface area contributed by atoms with E-state index in [0.29, 0.717) is 13.0 Å². The molecule has 11 heteroatoms. The van der Waals surface area contributed by atoms with Crippen molar-refractivity contribution in [3.63, 3.8) is 0 Å². The van der Waals surface area contributed by atoms with Crippen molar-refractivity contribution in [1.29, 1.82) is 0 Å². The molecule has 0 rings (SSSR count). The van der Waals surface area contributed by atoms with Gasteiger partial charge in [-0.3, -0.25) is 18.6 Å². The minimum absolute atomic E-state index is 0.0218. The van der Waals surface area contributed by atoms with Crippen molar-refractivity contribution < 1.29 is 42.7 Å². The number of carbonyl (C=O) groups excluding carboxylic acids is 1. The normalized spacial score (nSPS) is 13.7. The summed E-state index contributed by atoms with van der Waals surface area (Å²) in [6.07, 6.45) is 54.2. The van der Waals surface area contributed by atoms with Gasteiger partial charge in [-0.1, -0.05) is 238 Å². The standard InChI is InChI=1S/C52H102NO9P/c1-3-5-7-9-11-13-15-17-19-21-23-24-25-26-27-29-31-33-35-37-39-41-43-45-59-46-49(47-60-63(57,58)61-48-50(53)52(55)56)62-51(54)44-42-40-38-36-34-32-30-28-22-20-18-16-14-12-10-8-6-4-2/h20,22,49-50H,3-19,21,23-48,53H2,1-2H3,(H,55,56)(H,57,58)/b22-20-. The molecule has 3 atom stereocenters. The second kappa shape index (κ2) is 48.6. The Morgan fingerprint density at radius 2 is 0.825 bits per heavy atom. The molecule has 63 heavy (non-hydrogen) atoms.